The van der Waals surface area contributed by atoms with Crippen molar-refractivity contribution in [3.63, 3.8) is 0 Å². The largest absolute Gasteiger partial charge is 0.417 e. The van der Waals surface area contributed by atoms with E-state index in [1.807, 2.05) is 0 Å². The second kappa shape index (κ2) is 6.43. The van der Waals surface area contributed by atoms with Gasteiger partial charge in [-0.1, -0.05) is 6.92 Å². The SMILES string of the molecule is CCOP(=O)(OCC)N(CC)P1(=O)OCCO1. The summed E-state index contributed by atoms with van der Waals surface area (Å²) in [7, 11) is -7.16. The van der Waals surface area contributed by atoms with E-state index in [4.69, 9.17) is 18.1 Å². The molecule has 1 heterocycles. The lowest BCUT2D eigenvalue weighted by molar-refractivity contribution is 0.179. The molecule has 0 saturated carbocycles. The van der Waals surface area contributed by atoms with Gasteiger partial charge in [-0.2, -0.15) is 0 Å². The molecule has 0 atom stereocenters. The van der Waals surface area contributed by atoms with Crippen molar-refractivity contribution in [2.45, 2.75) is 20.8 Å². The third kappa shape index (κ3) is 3.38. The van der Waals surface area contributed by atoms with Gasteiger partial charge >= 0.3 is 15.5 Å². The molecule has 1 rings (SSSR count). The predicted octanol–water partition coefficient (Wildman–Crippen LogP) is 2.64. The molecule has 0 N–H and O–H groups in total. The zero-order chi connectivity index (χ0) is 12.9. The molecule has 0 unspecified atom stereocenters. The van der Waals surface area contributed by atoms with Crippen molar-refractivity contribution in [3.05, 3.63) is 0 Å². The first kappa shape index (κ1) is 15.3. The Labute approximate surface area is 102 Å². The van der Waals surface area contributed by atoms with Crippen LogP contribution >= 0.6 is 15.5 Å². The van der Waals surface area contributed by atoms with E-state index in [9.17, 15) is 9.13 Å². The van der Waals surface area contributed by atoms with Gasteiger partial charge in [0.2, 0.25) is 0 Å². The van der Waals surface area contributed by atoms with Crippen LogP contribution in [0.4, 0.5) is 0 Å². The van der Waals surface area contributed by atoms with Crippen LogP contribution in [-0.4, -0.2) is 37.4 Å². The van der Waals surface area contributed by atoms with Gasteiger partial charge in [0, 0.05) is 6.54 Å². The van der Waals surface area contributed by atoms with E-state index < -0.39 is 15.5 Å². The Balaban J connectivity index is 2.96. The van der Waals surface area contributed by atoms with E-state index in [1.165, 1.54) is 0 Å². The number of hydrogen-bond donors (Lipinski definition) is 0. The molecule has 1 saturated heterocycles. The third-order valence-electron chi connectivity index (χ3n) is 2.03. The summed E-state index contributed by atoms with van der Waals surface area (Å²) in [5.74, 6) is 0. The molecule has 1 aliphatic rings. The smallest absolute Gasteiger partial charge is 0.297 e. The highest BCUT2D eigenvalue weighted by molar-refractivity contribution is 7.67. The second-order valence-corrected chi connectivity index (χ2v) is 7.32. The highest BCUT2D eigenvalue weighted by Gasteiger charge is 2.49. The van der Waals surface area contributed by atoms with Crippen molar-refractivity contribution in [2.24, 2.45) is 0 Å². The second-order valence-electron chi connectivity index (χ2n) is 3.13. The molecule has 9 heteroatoms. The standard InChI is InChI=1S/C8H19NO6P2/c1-4-9(17(11)14-7-8-15-17)16(10,12-5-2)13-6-3/h4-8H2,1-3H3. The topological polar surface area (TPSA) is 74.3 Å². The average Bonchev–Trinajstić information content (AvgIpc) is 2.67. The van der Waals surface area contributed by atoms with E-state index in [2.05, 4.69) is 0 Å². The van der Waals surface area contributed by atoms with Crippen LogP contribution < -0.4 is 0 Å². The molecule has 0 aromatic rings. The molecule has 0 aromatic heterocycles. The van der Waals surface area contributed by atoms with Crippen LogP contribution in [-0.2, 0) is 27.2 Å². The van der Waals surface area contributed by atoms with Gasteiger partial charge in [-0.15, -0.1) is 4.44 Å². The average molecular weight is 287 g/mol. The maximum absolute atomic E-state index is 12.5. The highest BCUT2D eigenvalue weighted by atomic mass is 31.3. The summed E-state index contributed by atoms with van der Waals surface area (Å²) in [6.07, 6.45) is 0. The van der Waals surface area contributed by atoms with Crippen molar-refractivity contribution in [2.75, 3.05) is 33.0 Å². The summed E-state index contributed by atoms with van der Waals surface area (Å²) < 4.78 is 46.2. The molecule has 7 nitrogen and oxygen atoms in total. The normalized spacial score (nSPS) is 20.0. The van der Waals surface area contributed by atoms with E-state index in [0.29, 0.717) is 0 Å². The summed E-state index contributed by atoms with van der Waals surface area (Å²) >= 11 is 0. The maximum Gasteiger partial charge on any atom is 0.417 e. The van der Waals surface area contributed by atoms with Gasteiger partial charge in [0.1, 0.15) is 0 Å². The zero-order valence-electron chi connectivity index (χ0n) is 10.3. The molecule has 0 radical (unpaired) electrons. The molecular formula is C8H19NO6P2. The van der Waals surface area contributed by atoms with Crippen LogP contribution in [0.15, 0.2) is 0 Å². The Morgan fingerprint density at radius 3 is 2.00 bits per heavy atom. The van der Waals surface area contributed by atoms with E-state index >= 15 is 0 Å². The molecule has 0 spiro atoms. The number of hydrogen-bond acceptors (Lipinski definition) is 6. The van der Waals surface area contributed by atoms with Crippen molar-refractivity contribution >= 4 is 15.5 Å². The van der Waals surface area contributed by atoms with Crippen molar-refractivity contribution in [3.8, 4) is 0 Å². The van der Waals surface area contributed by atoms with Crippen molar-refractivity contribution in [1.82, 2.24) is 4.44 Å². The first-order valence-electron chi connectivity index (χ1n) is 5.59. The summed E-state index contributed by atoms with van der Waals surface area (Å²) in [4.78, 5) is 0. The number of nitrogens with zero attached hydrogens (tertiary/aromatic N) is 1. The monoisotopic (exact) mass is 287 g/mol. The summed E-state index contributed by atoms with van der Waals surface area (Å²) in [6, 6.07) is 0. The Morgan fingerprint density at radius 2 is 1.65 bits per heavy atom. The minimum atomic E-state index is -3.62. The highest BCUT2D eigenvalue weighted by Crippen LogP contribution is 2.69. The van der Waals surface area contributed by atoms with Gasteiger partial charge in [-0.05, 0) is 13.8 Å². The molecule has 0 amide bonds. The van der Waals surface area contributed by atoms with Crippen molar-refractivity contribution < 1.29 is 27.2 Å². The molecule has 1 fully saturated rings. The Bertz CT molecular complexity index is 316. The molecule has 102 valence electrons. The first-order chi connectivity index (χ1) is 8.02. The summed E-state index contributed by atoms with van der Waals surface area (Å²) in [5.41, 5.74) is 0. The van der Waals surface area contributed by atoms with Gasteiger partial charge in [-0.25, -0.2) is 9.13 Å². The van der Waals surface area contributed by atoms with Gasteiger partial charge in [0.15, 0.2) is 0 Å². The zero-order valence-corrected chi connectivity index (χ0v) is 12.1. The lowest BCUT2D eigenvalue weighted by Gasteiger charge is -2.30. The van der Waals surface area contributed by atoms with Gasteiger partial charge in [0.25, 0.3) is 0 Å². The molecule has 0 aliphatic carbocycles. The molecule has 0 aromatic carbocycles. The Morgan fingerprint density at radius 1 is 1.18 bits per heavy atom. The van der Waals surface area contributed by atoms with Gasteiger partial charge < -0.3 is 0 Å². The molecule has 1 aliphatic heterocycles. The van der Waals surface area contributed by atoms with E-state index in [0.717, 1.165) is 4.44 Å². The molecule has 17 heavy (non-hydrogen) atoms. The maximum atomic E-state index is 12.5. The van der Waals surface area contributed by atoms with Crippen LogP contribution in [0.1, 0.15) is 20.8 Å². The van der Waals surface area contributed by atoms with Crippen LogP contribution in [0.25, 0.3) is 0 Å². The van der Waals surface area contributed by atoms with Gasteiger partial charge in [0.05, 0.1) is 26.4 Å². The Hall–Kier alpha value is 0.260. The van der Waals surface area contributed by atoms with Crippen molar-refractivity contribution in [1.29, 1.82) is 0 Å². The number of rotatable bonds is 7. The summed E-state index contributed by atoms with van der Waals surface area (Å²) in [6.45, 7) is 6.06. The predicted molar refractivity (Wildman–Crippen MR) is 62.7 cm³/mol. The van der Waals surface area contributed by atoms with Crippen LogP contribution in [0.3, 0.4) is 0 Å². The lowest BCUT2D eigenvalue weighted by atomic mass is 10.8. The van der Waals surface area contributed by atoms with Crippen LogP contribution in [0.2, 0.25) is 0 Å². The van der Waals surface area contributed by atoms with Gasteiger partial charge in [-0.3, -0.25) is 18.1 Å². The van der Waals surface area contributed by atoms with Crippen LogP contribution in [0.5, 0.6) is 0 Å². The fraction of sp³-hybridized carbons (Fsp3) is 1.00. The Kier molecular flexibility index (Phi) is 5.80. The fourth-order valence-corrected chi connectivity index (χ4v) is 5.78. The molecule has 0 bridgehead atoms. The van der Waals surface area contributed by atoms with E-state index in [1.54, 1.807) is 20.8 Å². The summed E-state index contributed by atoms with van der Waals surface area (Å²) in [5, 5.41) is 0. The molecular weight excluding hydrogens is 268 g/mol. The minimum Gasteiger partial charge on any atom is -0.297 e. The van der Waals surface area contributed by atoms with E-state index in [-0.39, 0.29) is 33.0 Å². The fourth-order valence-electron chi connectivity index (χ4n) is 1.45. The lowest BCUT2D eigenvalue weighted by Crippen LogP contribution is -2.20. The quantitative estimate of drug-likeness (QED) is 0.666. The minimum absolute atomic E-state index is 0.188. The van der Waals surface area contributed by atoms with Crippen LogP contribution in [0, 0.1) is 0 Å². The third-order valence-corrected chi connectivity index (χ3v) is 7.22. The first-order valence-corrected chi connectivity index (χ1v) is 8.58.